The molecule has 1 fully saturated rings. The smallest absolute Gasteiger partial charge is 0.314 e. The van der Waals surface area contributed by atoms with Gasteiger partial charge < -0.3 is 15.4 Å². The van der Waals surface area contributed by atoms with Crippen LogP contribution in [0.25, 0.3) is 11.3 Å². The number of halogens is 2. The fourth-order valence-corrected chi connectivity index (χ4v) is 4.56. The number of nitrogens with zero attached hydrogens (tertiary/aromatic N) is 4. The predicted octanol–water partition coefficient (Wildman–Crippen LogP) is 5.09. The predicted molar refractivity (Wildman–Crippen MR) is 137 cm³/mol. The Morgan fingerprint density at radius 2 is 1.77 bits per heavy atom. The van der Waals surface area contributed by atoms with Gasteiger partial charge in [-0.1, -0.05) is 23.2 Å². The molecule has 4 rings (SSSR count). The Hall–Kier alpha value is -2.94. The van der Waals surface area contributed by atoms with E-state index in [1.807, 2.05) is 31.2 Å². The molecule has 0 aliphatic carbocycles. The van der Waals surface area contributed by atoms with E-state index < -0.39 is 0 Å². The van der Waals surface area contributed by atoms with Gasteiger partial charge in [0.1, 0.15) is 5.82 Å². The number of hydrogen-bond donors (Lipinski definition) is 2. The van der Waals surface area contributed by atoms with E-state index >= 15 is 0 Å². The van der Waals surface area contributed by atoms with Gasteiger partial charge in [0.2, 0.25) is 5.88 Å². The van der Waals surface area contributed by atoms with Crippen LogP contribution in [-0.2, 0) is 6.54 Å². The number of piperidine rings is 1. The van der Waals surface area contributed by atoms with Crippen LogP contribution in [0.2, 0.25) is 10.0 Å². The molecule has 2 amide bonds. The second kappa shape index (κ2) is 11.7. The van der Waals surface area contributed by atoms with Crippen LogP contribution < -0.4 is 15.4 Å². The lowest BCUT2D eigenvalue weighted by molar-refractivity contribution is 0.175. The van der Waals surface area contributed by atoms with E-state index in [1.54, 1.807) is 25.5 Å². The van der Waals surface area contributed by atoms with Crippen LogP contribution in [0.4, 0.5) is 4.79 Å². The first-order chi connectivity index (χ1) is 16.9. The van der Waals surface area contributed by atoms with Crippen LogP contribution in [-0.4, -0.2) is 52.6 Å². The molecule has 35 heavy (non-hydrogen) atoms. The third-order valence-electron chi connectivity index (χ3n) is 5.89. The Balaban J connectivity index is 1.52. The number of aromatic nitrogens is 3. The van der Waals surface area contributed by atoms with E-state index in [0.29, 0.717) is 40.0 Å². The van der Waals surface area contributed by atoms with Crippen LogP contribution in [0.5, 0.6) is 11.6 Å². The third-order valence-corrected chi connectivity index (χ3v) is 6.33. The number of carbonyl (C=O) groups is 1. The summed E-state index contributed by atoms with van der Waals surface area (Å²) in [6.45, 7) is 5.16. The average molecular weight is 515 g/mol. The average Bonchev–Trinajstić information content (AvgIpc) is 2.84. The molecule has 1 saturated heterocycles. The summed E-state index contributed by atoms with van der Waals surface area (Å²) in [7, 11) is 1.63. The zero-order valence-electron chi connectivity index (χ0n) is 19.7. The molecule has 184 valence electrons. The lowest BCUT2D eigenvalue weighted by Crippen LogP contribution is -2.40. The molecule has 1 aliphatic heterocycles. The van der Waals surface area contributed by atoms with Gasteiger partial charge in [-0.05, 0) is 68.6 Å². The molecule has 0 atom stereocenters. The SMILES string of the molecule is CNC(=O)NCC1CCN(Cc2cc(Oc3cnc(C)nc3)nc(-c3cc(Cl)cc(Cl)c3)c2)CC1. The Morgan fingerprint density at radius 3 is 2.43 bits per heavy atom. The monoisotopic (exact) mass is 514 g/mol. The van der Waals surface area contributed by atoms with Crippen LogP contribution in [0.1, 0.15) is 24.2 Å². The number of carbonyl (C=O) groups excluding carboxylic acids is 1. The van der Waals surface area contributed by atoms with E-state index in [2.05, 4.69) is 25.5 Å². The number of pyridine rings is 1. The van der Waals surface area contributed by atoms with Gasteiger partial charge in [0.25, 0.3) is 0 Å². The zero-order chi connectivity index (χ0) is 24.8. The highest BCUT2D eigenvalue weighted by atomic mass is 35.5. The summed E-state index contributed by atoms with van der Waals surface area (Å²) >= 11 is 12.5. The van der Waals surface area contributed by atoms with Crippen molar-refractivity contribution in [3.63, 3.8) is 0 Å². The topological polar surface area (TPSA) is 92.3 Å². The highest BCUT2D eigenvalue weighted by Gasteiger charge is 2.20. The lowest BCUT2D eigenvalue weighted by atomic mass is 9.96. The first kappa shape index (κ1) is 25.2. The van der Waals surface area contributed by atoms with E-state index in [0.717, 1.165) is 49.3 Å². The standard InChI is InChI=1S/C25H28Cl2N6O2/c1-16-29-13-22(14-30-16)35-24-8-18(7-23(32-24)19-9-20(26)11-21(27)10-19)15-33-5-3-17(4-6-33)12-31-25(34)28-2/h7-11,13-14,17H,3-6,12,15H2,1-2H3,(H2,28,31,34). The van der Waals surface area contributed by atoms with Gasteiger partial charge in [-0.3, -0.25) is 4.90 Å². The highest BCUT2D eigenvalue weighted by Crippen LogP contribution is 2.30. The normalized spacial score (nSPS) is 14.5. The zero-order valence-corrected chi connectivity index (χ0v) is 21.2. The number of amides is 2. The highest BCUT2D eigenvalue weighted by molar-refractivity contribution is 6.35. The molecule has 0 unspecified atom stereocenters. The van der Waals surface area contributed by atoms with Crippen LogP contribution in [0.3, 0.4) is 0 Å². The van der Waals surface area contributed by atoms with Gasteiger partial charge in [0.15, 0.2) is 5.75 Å². The maximum Gasteiger partial charge on any atom is 0.314 e. The molecule has 1 aromatic carbocycles. The summed E-state index contributed by atoms with van der Waals surface area (Å²) in [5, 5.41) is 6.59. The maximum atomic E-state index is 11.5. The molecule has 0 radical (unpaired) electrons. The number of rotatable bonds is 7. The van der Waals surface area contributed by atoms with Gasteiger partial charge >= 0.3 is 6.03 Å². The van der Waals surface area contributed by atoms with Crippen molar-refractivity contribution in [3.05, 3.63) is 64.2 Å². The van der Waals surface area contributed by atoms with Crippen molar-refractivity contribution >= 4 is 29.2 Å². The number of benzene rings is 1. The number of ether oxygens (including phenoxy) is 1. The Bertz CT molecular complexity index is 1150. The molecule has 0 saturated carbocycles. The number of urea groups is 1. The van der Waals surface area contributed by atoms with Crippen molar-refractivity contribution < 1.29 is 9.53 Å². The second-order valence-corrected chi connectivity index (χ2v) is 9.48. The summed E-state index contributed by atoms with van der Waals surface area (Å²) in [4.78, 5) is 26.9. The van der Waals surface area contributed by atoms with Crippen molar-refractivity contribution in [2.24, 2.45) is 5.92 Å². The van der Waals surface area contributed by atoms with E-state index in [4.69, 9.17) is 32.9 Å². The van der Waals surface area contributed by atoms with Crippen molar-refractivity contribution in [2.45, 2.75) is 26.3 Å². The van der Waals surface area contributed by atoms with E-state index in [1.165, 1.54) is 0 Å². The molecule has 2 N–H and O–H groups in total. The second-order valence-electron chi connectivity index (χ2n) is 8.60. The molecule has 3 aromatic rings. The van der Waals surface area contributed by atoms with Crippen LogP contribution >= 0.6 is 23.2 Å². The molecule has 0 bridgehead atoms. The lowest BCUT2D eigenvalue weighted by Gasteiger charge is -2.32. The Morgan fingerprint density at radius 1 is 1.09 bits per heavy atom. The molecular weight excluding hydrogens is 487 g/mol. The summed E-state index contributed by atoms with van der Waals surface area (Å²) in [5.41, 5.74) is 2.60. The fourth-order valence-electron chi connectivity index (χ4n) is 4.04. The number of aryl methyl sites for hydroxylation is 1. The number of nitrogens with one attached hydrogen (secondary N) is 2. The Labute approximate surface area is 215 Å². The van der Waals surface area contributed by atoms with Crippen molar-refractivity contribution in [2.75, 3.05) is 26.7 Å². The van der Waals surface area contributed by atoms with Crippen molar-refractivity contribution in [1.82, 2.24) is 30.5 Å². The van der Waals surface area contributed by atoms with E-state index in [9.17, 15) is 4.79 Å². The minimum Gasteiger partial charge on any atom is -0.436 e. The van der Waals surface area contributed by atoms with Gasteiger partial charge in [0.05, 0.1) is 18.1 Å². The minimum absolute atomic E-state index is 0.135. The summed E-state index contributed by atoms with van der Waals surface area (Å²) in [6, 6.07) is 9.21. The number of likely N-dealkylation sites (tertiary alicyclic amines) is 1. The van der Waals surface area contributed by atoms with Gasteiger partial charge in [-0.25, -0.2) is 19.7 Å². The molecule has 8 nitrogen and oxygen atoms in total. The maximum absolute atomic E-state index is 11.5. The van der Waals surface area contributed by atoms with Crippen LogP contribution in [0, 0.1) is 12.8 Å². The molecule has 10 heteroatoms. The minimum atomic E-state index is -0.135. The molecule has 1 aliphatic rings. The van der Waals surface area contributed by atoms with Crippen molar-refractivity contribution in [1.29, 1.82) is 0 Å². The first-order valence-corrected chi connectivity index (χ1v) is 12.3. The quantitative estimate of drug-likeness (QED) is 0.456. The number of hydrogen-bond acceptors (Lipinski definition) is 6. The summed E-state index contributed by atoms with van der Waals surface area (Å²) in [6.07, 6.45) is 5.31. The van der Waals surface area contributed by atoms with Gasteiger partial charge in [0, 0.05) is 41.8 Å². The van der Waals surface area contributed by atoms with Gasteiger partial charge in [-0.15, -0.1) is 0 Å². The summed E-state index contributed by atoms with van der Waals surface area (Å²) < 4.78 is 6.00. The fraction of sp³-hybridized carbons (Fsp3) is 0.360. The molecular formula is C25H28Cl2N6O2. The van der Waals surface area contributed by atoms with E-state index in [-0.39, 0.29) is 6.03 Å². The van der Waals surface area contributed by atoms with Gasteiger partial charge in [-0.2, -0.15) is 0 Å². The molecule has 2 aromatic heterocycles. The largest absolute Gasteiger partial charge is 0.436 e. The summed E-state index contributed by atoms with van der Waals surface area (Å²) in [5.74, 6) is 2.11. The molecule has 3 heterocycles. The van der Waals surface area contributed by atoms with Crippen LogP contribution in [0.15, 0.2) is 42.7 Å². The Kier molecular flexibility index (Phi) is 8.38. The van der Waals surface area contributed by atoms with Crippen molar-refractivity contribution in [3.8, 4) is 22.9 Å². The first-order valence-electron chi connectivity index (χ1n) is 11.5. The third kappa shape index (κ3) is 7.27. The molecule has 0 spiro atoms.